The van der Waals surface area contributed by atoms with E-state index in [1.54, 1.807) is 0 Å². The van der Waals surface area contributed by atoms with Crippen LogP contribution in [0.5, 0.6) is 0 Å². The zero-order chi connectivity index (χ0) is 12.0. The fourth-order valence-electron chi connectivity index (χ4n) is 1.15. The molecule has 0 fully saturated rings. The Kier molecular flexibility index (Phi) is 5.33. The molecule has 0 spiro atoms. The minimum absolute atomic E-state index is 0.0286. The minimum atomic E-state index is -3.24. The highest BCUT2D eigenvalue weighted by Crippen LogP contribution is 2.07. The lowest BCUT2D eigenvalue weighted by molar-refractivity contribution is 0.287. The van der Waals surface area contributed by atoms with Crippen LogP contribution >= 0.6 is 11.3 Å². The van der Waals surface area contributed by atoms with Gasteiger partial charge in [-0.15, -0.1) is 11.3 Å². The number of aliphatic hydroxyl groups excluding tert-OH is 1. The first-order valence-corrected chi connectivity index (χ1v) is 7.56. The van der Waals surface area contributed by atoms with Gasteiger partial charge in [0.05, 0.1) is 23.0 Å². The second-order valence-corrected chi connectivity index (χ2v) is 6.42. The van der Waals surface area contributed by atoms with Crippen molar-refractivity contribution in [1.82, 2.24) is 9.71 Å². The third-order valence-corrected chi connectivity index (χ3v) is 4.19. The van der Waals surface area contributed by atoms with Gasteiger partial charge < -0.3 is 5.11 Å². The van der Waals surface area contributed by atoms with Gasteiger partial charge in [-0.3, -0.25) is 0 Å². The van der Waals surface area contributed by atoms with Crippen LogP contribution in [0.2, 0.25) is 0 Å². The Morgan fingerprint density at radius 2 is 2.25 bits per heavy atom. The summed E-state index contributed by atoms with van der Waals surface area (Å²) in [4.78, 5) is 4.16. The number of hydrogen-bond donors (Lipinski definition) is 2. The number of aryl methyl sites for hydroxylation is 1. The molecule has 92 valence electrons. The highest BCUT2D eigenvalue weighted by atomic mass is 32.2. The summed E-state index contributed by atoms with van der Waals surface area (Å²) in [6.45, 7) is 2.15. The minimum Gasteiger partial charge on any atom is -0.396 e. The predicted molar refractivity (Wildman–Crippen MR) is 63.8 cm³/mol. The van der Waals surface area contributed by atoms with Gasteiger partial charge in [-0.05, 0) is 19.8 Å². The third kappa shape index (κ3) is 5.02. The third-order valence-electron chi connectivity index (χ3n) is 1.96. The molecule has 5 nitrogen and oxygen atoms in total. The van der Waals surface area contributed by atoms with Gasteiger partial charge >= 0.3 is 0 Å². The van der Waals surface area contributed by atoms with Gasteiger partial charge in [-0.1, -0.05) is 0 Å². The molecule has 0 radical (unpaired) electrons. The molecule has 7 heteroatoms. The lowest BCUT2D eigenvalue weighted by Crippen LogP contribution is -2.26. The number of thiazole rings is 1. The summed E-state index contributed by atoms with van der Waals surface area (Å²) in [5, 5.41) is 11.3. The van der Waals surface area contributed by atoms with Crippen molar-refractivity contribution in [3.63, 3.8) is 0 Å². The molecule has 0 amide bonds. The maximum Gasteiger partial charge on any atom is 0.211 e. The van der Waals surface area contributed by atoms with Crippen LogP contribution in [0.3, 0.4) is 0 Å². The summed E-state index contributed by atoms with van der Waals surface area (Å²) in [6, 6.07) is 0. The first-order valence-electron chi connectivity index (χ1n) is 5.03. The Morgan fingerprint density at radius 3 is 2.81 bits per heavy atom. The molecule has 1 heterocycles. The molecule has 1 aromatic heterocycles. The molecule has 0 aliphatic carbocycles. The van der Waals surface area contributed by atoms with Gasteiger partial charge in [-0.25, -0.2) is 18.1 Å². The van der Waals surface area contributed by atoms with Gasteiger partial charge in [0.2, 0.25) is 10.0 Å². The fourth-order valence-corrected chi connectivity index (χ4v) is 2.86. The number of nitrogens with zero attached hydrogens (tertiary/aromatic N) is 1. The number of sulfonamides is 1. The van der Waals surface area contributed by atoms with Crippen LogP contribution in [0.4, 0.5) is 0 Å². The molecule has 1 rings (SSSR count). The number of aromatic nitrogens is 1. The van der Waals surface area contributed by atoms with Gasteiger partial charge in [-0.2, -0.15) is 0 Å². The summed E-state index contributed by atoms with van der Waals surface area (Å²) in [6.07, 6.45) is 0.985. The number of hydrogen-bond acceptors (Lipinski definition) is 5. The first kappa shape index (κ1) is 13.6. The molecular weight excluding hydrogens is 248 g/mol. The van der Waals surface area contributed by atoms with E-state index >= 15 is 0 Å². The monoisotopic (exact) mass is 264 g/mol. The Bertz CT molecular complexity index is 414. The quantitative estimate of drug-likeness (QED) is 0.708. The van der Waals surface area contributed by atoms with Crippen molar-refractivity contribution >= 4 is 21.4 Å². The van der Waals surface area contributed by atoms with Crippen molar-refractivity contribution in [3.05, 3.63) is 16.1 Å². The fraction of sp³-hybridized carbons (Fsp3) is 0.667. The number of unbranched alkanes of at least 4 members (excludes halogenated alkanes) is 1. The number of rotatable bonds is 7. The Morgan fingerprint density at radius 1 is 1.50 bits per heavy atom. The van der Waals surface area contributed by atoms with E-state index in [1.807, 2.05) is 12.3 Å². The topological polar surface area (TPSA) is 79.3 Å². The maximum absolute atomic E-state index is 11.5. The maximum atomic E-state index is 11.5. The van der Waals surface area contributed by atoms with Crippen molar-refractivity contribution in [2.24, 2.45) is 0 Å². The zero-order valence-corrected chi connectivity index (χ0v) is 10.8. The lowest BCUT2D eigenvalue weighted by atomic mass is 10.4. The van der Waals surface area contributed by atoms with E-state index in [4.69, 9.17) is 5.11 Å². The molecule has 0 saturated heterocycles. The van der Waals surface area contributed by atoms with Crippen molar-refractivity contribution in [1.29, 1.82) is 0 Å². The van der Waals surface area contributed by atoms with E-state index < -0.39 is 10.0 Å². The van der Waals surface area contributed by atoms with E-state index in [0.29, 0.717) is 12.8 Å². The molecule has 0 aliphatic rings. The molecular formula is C9H16N2O3S2. The summed E-state index contributed by atoms with van der Waals surface area (Å²) >= 11 is 1.50. The Hall–Kier alpha value is -0.500. The van der Waals surface area contributed by atoms with Gasteiger partial charge in [0, 0.05) is 12.0 Å². The first-order chi connectivity index (χ1) is 7.53. The second-order valence-electron chi connectivity index (χ2n) is 3.43. The average Bonchev–Trinajstić information content (AvgIpc) is 2.62. The Labute approximate surface area is 99.6 Å². The van der Waals surface area contributed by atoms with E-state index in [9.17, 15) is 8.42 Å². The molecule has 0 unspecified atom stereocenters. The van der Waals surface area contributed by atoms with E-state index in [-0.39, 0.29) is 18.9 Å². The highest BCUT2D eigenvalue weighted by Gasteiger charge is 2.10. The summed E-state index contributed by atoms with van der Waals surface area (Å²) in [7, 11) is -3.24. The van der Waals surface area contributed by atoms with Crippen molar-refractivity contribution in [2.75, 3.05) is 12.4 Å². The SMILES string of the molecule is Cc1nc(CNS(=O)(=O)CCCCO)cs1. The molecule has 0 aromatic carbocycles. The second kappa shape index (κ2) is 6.29. The van der Waals surface area contributed by atoms with Crippen molar-refractivity contribution in [3.8, 4) is 0 Å². The van der Waals surface area contributed by atoms with Crippen molar-refractivity contribution in [2.45, 2.75) is 26.3 Å². The Balaban J connectivity index is 2.36. The van der Waals surface area contributed by atoms with Gasteiger partial charge in [0.1, 0.15) is 0 Å². The zero-order valence-electron chi connectivity index (χ0n) is 9.14. The van der Waals surface area contributed by atoms with Crippen LogP contribution in [0.1, 0.15) is 23.5 Å². The summed E-state index contributed by atoms with van der Waals surface area (Å²) < 4.78 is 25.4. The van der Waals surface area contributed by atoms with E-state index in [2.05, 4.69) is 9.71 Å². The molecule has 16 heavy (non-hydrogen) atoms. The van der Waals surface area contributed by atoms with Crippen LogP contribution in [-0.2, 0) is 16.6 Å². The number of aliphatic hydroxyl groups is 1. The van der Waals surface area contributed by atoms with Crippen LogP contribution in [0.25, 0.3) is 0 Å². The smallest absolute Gasteiger partial charge is 0.211 e. The van der Waals surface area contributed by atoms with Crippen LogP contribution in [0, 0.1) is 6.92 Å². The normalized spacial score (nSPS) is 11.9. The molecule has 0 saturated carbocycles. The largest absolute Gasteiger partial charge is 0.396 e. The highest BCUT2D eigenvalue weighted by molar-refractivity contribution is 7.89. The molecule has 0 atom stereocenters. The average molecular weight is 264 g/mol. The molecule has 0 aliphatic heterocycles. The number of nitrogens with one attached hydrogen (secondary N) is 1. The van der Waals surface area contributed by atoms with Gasteiger partial charge in [0.25, 0.3) is 0 Å². The van der Waals surface area contributed by atoms with E-state index in [1.165, 1.54) is 11.3 Å². The van der Waals surface area contributed by atoms with Crippen LogP contribution in [0.15, 0.2) is 5.38 Å². The molecule has 1 aromatic rings. The van der Waals surface area contributed by atoms with Crippen LogP contribution < -0.4 is 4.72 Å². The van der Waals surface area contributed by atoms with Crippen LogP contribution in [-0.4, -0.2) is 30.9 Å². The van der Waals surface area contributed by atoms with Gasteiger partial charge in [0.15, 0.2) is 0 Å². The summed E-state index contributed by atoms with van der Waals surface area (Å²) in [5.74, 6) is 0.0523. The standard InChI is InChI=1S/C9H16N2O3S2/c1-8-11-9(7-15-8)6-10-16(13,14)5-3-2-4-12/h7,10,12H,2-6H2,1H3. The van der Waals surface area contributed by atoms with E-state index in [0.717, 1.165) is 10.7 Å². The molecule has 2 N–H and O–H groups in total. The predicted octanol–water partition coefficient (Wildman–Crippen LogP) is 0.643. The molecule has 0 bridgehead atoms. The summed E-state index contributed by atoms with van der Waals surface area (Å²) in [5.41, 5.74) is 0.744. The lowest BCUT2D eigenvalue weighted by Gasteiger charge is -2.04. The van der Waals surface area contributed by atoms with Crippen molar-refractivity contribution < 1.29 is 13.5 Å².